The highest BCUT2D eigenvalue weighted by atomic mass is 32.2. The van der Waals surface area contributed by atoms with E-state index in [2.05, 4.69) is 16.7 Å². The van der Waals surface area contributed by atoms with Gasteiger partial charge in [0.05, 0.1) is 17.2 Å². The smallest absolute Gasteiger partial charge is 0.256 e. The molecule has 4 rings (SSSR count). The summed E-state index contributed by atoms with van der Waals surface area (Å²) in [6.07, 6.45) is 2.05. The second-order valence-electron chi connectivity index (χ2n) is 7.38. The summed E-state index contributed by atoms with van der Waals surface area (Å²) >= 11 is 1.57. The first-order valence-corrected chi connectivity index (χ1v) is 11.0. The number of anilines is 1. The zero-order valence-electron chi connectivity index (χ0n) is 16.8. The highest BCUT2D eigenvalue weighted by Crippen LogP contribution is 2.27. The molecule has 6 heteroatoms. The van der Waals surface area contributed by atoms with Gasteiger partial charge < -0.3 is 10.6 Å². The zero-order valence-corrected chi connectivity index (χ0v) is 17.6. The second kappa shape index (κ2) is 9.50. The Balaban J connectivity index is 1.44. The van der Waals surface area contributed by atoms with Gasteiger partial charge in [-0.3, -0.25) is 9.59 Å². The molecular weight excluding hydrogens is 406 g/mol. The summed E-state index contributed by atoms with van der Waals surface area (Å²) in [4.78, 5) is 26.1. The van der Waals surface area contributed by atoms with Gasteiger partial charge in [-0.25, -0.2) is 0 Å². The standard InChI is InChI=1S/C25H21N3O2S/c26-15-17-8-10-18(11-9-17)16-31-23-7-2-1-6-22(23)25(30)28-21-5-3-4-19(14-21)24(29)27-20-12-13-20/h1-11,14,20H,12-13,16H2,(H,27,29)(H,28,30). The maximum Gasteiger partial charge on any atom is 0.256 e. The van der Waals surface area contributed by atoms with Crippen molar-refractivity contribution in [2.45, 2.75) is 29.5 Å². The molecule has 2 amide bonds. The van der Waals surface area contributed by atoms with E-state index >= 15 is 0 Å². The van der Waals surface area contributed by atoms with E-state index in [9.17, 15) is 9.59 Å². The molecule has 1 saturated carbocycles. The van der Waals surface area contributed by atoms with Crippen LogP contribution in [-0.4, -0.2) is 17.9 Å². The molecular formula is C25H21N3O2S. The number of carbonyl (C=O) groups excluding carboxylic acids is 2. The molecule has 154 valence electrons. The molecule has 0 unspecified atom stereocenters. The number of hydrogen-bond donors (Lipinski definition) is 2. The van der Waals surface area contributed by atoms with E-state index in [1.54, 1.807) is 54.2 Å². The predicted molar refractivity (Wildman–Crippen MR) is 122 cm³/mol. The maximum absolute atomic E-state index is 12.9. The Bertz CT molecular complexity index is 1150. The summed E-state index contributed by atoms with van der Waals surface area (Å²) in [6, 6.07) is 24.3. The molecule has 0 atom stereocenters. The van der Waals surface area contributed by atoms with Crippen LogP contribution in [0.4, 0.5) is 5.69 Å². The highest BCUT2D eigenvalue weighted by Gasteiger charge is 2.24. The summed E-state index contributed by atoms with van der Waals surface area (Å²) in [6.45, 7) is 0. The van der Waals surface area contributed by atoms with Gasteiger partial charge in [-0.1, -0.05) is 30.3 Å². The first-order chi connectivity index (χ1) is 15.1. The molecule has 0 spiro atoms. The third-order valence-electron chi connectivity index (χ3n) is 4.90. The third-order valence-corrected chi connectivity index (χ3v) is 6.05. The largest absolute Gasteiger partial charge is 0.349 e. The number of amides is 2. The molecule has 0 saturated heterocycles. The Morgan fingerprint density at radius 1 is 0.968 bits per heavy atom. The van der Waals surface area contributed by atoms with E-state index in [0.29, 0.717) is 28.1 Å². The monoisotopic (exact) mass is 427 g/mol. The second-order valence-corrected chi connectivity index (χ2v) is 8.39. The van der Waals surface area contributed by atoms with Crippen LogP contribution in [0.3, 0.4) is 0 Å². The van der Waals surface area contributed by atoms with Crippen LogP contribution in [-0.2, 0) is 5.75 Å². The highest BCUT2D eigenvalue weighted by molar-refractivity contribution is 7.98. The van der Waals surface area contributed by atoms with Crippen molar-refractivity contribution in [3.8, 4) is 6.07 Å². The van der Waals surface area contributed by atoms with Crippen molar-refractivity contribution in [2.24, 2.45) is 0 Å². The fourth-order valence-corrected chi connectivity index (χ4v) is 4.06. The minimum absolute atomic E-state index is 0.114. The summed E-state index contributed by atoms with van der Waals surface area (Å²) in [5.74, 6) is 0.354. The average molecular weight is 428 g/mol. The molecule has 2 N–H and O–H groups in total. The van der Waals surface area contributed by atoms with Crippen LogP contribution >= 0.6 is 11.8 Å². The number of benzene rings is 3. The Morgan fingerprint density at radius 3 is 2.48 bits per heavy atom. The van der Waals surface area contributed by atoms with Gasteiger partial charge >= 0.3 is 0 Å². The van der Waals surface area contributed by atoms with E-state index in [1.807, 2.05) is 30.3 Å². The lowest BCUT2D eigenvalue weighted by Gasteiger charge is -2.11. The molecule has 3 aromatic carbocycles. The minimum atomic E-state index is -0.220. The van der Waals surface area contributed by atoms with Gasteiger partial charge in [0.1, 0.15) is 0 Å². The molecule has 0 heterocycles. The minimum Gasteiger partial charge on any atom is -0.349 e. The first kappa shape index (κ1) is 20.7. The molecule has 1 fully saturated rings. The summed E-state index contributed by atoms with van der Waals surface area (Å²) < 4.78 is 0. The van der Waals surface area contributed by atoms with E-state index in [-0.39, 0.29) is 17.9 Å². The van der Waals surface area contributed by atoms with Gasteiger partial charge in [0.2, 0.25) is 0 Å². The summed E-state index contributed by atoms with van der Waals surface area (Å²) in [7, 11) is 0. The molecule has 0 aliphatic heterocycles. The lowest BCUT2D eigenvalue weighted by atomic mass is 10.1. The summed E-state index contributed by atoms with van der Waals surface area (Å²) in [5.41, 5.74) is 3.40. The van der Waals surface area contributed by atoms with Crippen molar-refractivity contribution in [1.82, 2.24) is 5.32 Å². The van der Waals surface area contributed by atoms with Gasteiger partial charge in [-0.15, -0.1) is 11.8 Å². The molecule has 0 bridgehead atoms. The normalized spacial score (nSPS) is 12.6. The number of rotatable bonds is 7. The van der Waals surface area contributed by atoms with E-state index in [1.165, 1.54) is 0 Å². The van der Waals surface area contributed by atoms with Crippen molar-refractivity contribution in [3.05, 3.63) is 95.1 Å². The van der Waals surface area contributed by atoms with Crippen LogP contribution in [0.5, 0.6) is 0 Å². The number of nitrogens with zero attached hydrogens (tertiary/aromatic N) is 1. The molecule has 5 nitrogen and oxygen atoms in total. The Hall–Kier alpha value is -3.56. The van der Waals surface area contributed by atoms with Gasteiger partial charge in [0.25, 0.3) is 11.8 Å². The number of nitrogens with one attached hydrogen (secondary N) is 2. The SMILES string of the molecule is N#Cc1ccc(CSc2ccccc2C(=O)Nc2cccc(C(=O)NC3CC3)c2)cc1. The van der Waals surface area contributed by atoms with Crippen molar-refractivity contribution in [3.63, 3.8) is 0 Å². The molecule has 1 aliphatic carbocycles. The van der Waals surface area contributed by atoms with Crippen molar-refractivity contribution in [2.75, 3.05) is 5.32 Å². The molecule has 3 aromatic rings. The third kappa shape index (κ3) is 5.53. The summed E-state index contributed by atoms with van der Waals surface area (Å²) in [5, 5.41) is 14.8. The number of carbonyl (C=O) groups is 2. The number of hydrogen-bond acceptors (Lipinski definition) is 4. The Morgan fingerprint density at radius 2 is 1.74 bits per heavy atom. The first-order valence-electron chi connectivity index (χ1n) is 10.1. The average Bonchev–Trinajstić information content (AvgIpc) is 3.62. The quantitative estimate of drug-likeness (QED) is 0.520. The molecule has 1 aliphatic rings. The fourth-order valence-electron chi connectivity index (χ4n) is 3.05. The fraction of sp³-hybridized carbons (Fsp3) is 0.160. The van der Waals surface area contributed by atoms with E-state index in [0.717, 1.165) is 23.3 Å². The van der Waals surface area contributed by atoms with Crippen LogP contribution in [0.25, 0.3) is 0 Å². The molecule has 31 heavy (non-hydrogen) atoms. The lowest BCUT2D eigenvalue weighted by molar-refractivity contribution is 0.0949. The topological polar surface area (TPSA) is 82.0 Å². The van der Waals surface area contributed by atoms with E-state index < -0.39 is 0 Å². The van der Waals surface area contributed by atoms with Crippen LogP contribution in [0.2, 0.25) is 0 Å². The van der Waals surface area contributed by atoms with Crippen molar-refractivity contribution >= 4 is 29.3 Å². The van der Waals surface area contributed by atoms with Crippen molar-refractivity contribution < 1.29 is 9.59 Å². The van der Waals surface area contributed by atoms with Gasteiger partial charge in [0, 0.05) is 27.9 Å². The van der Waals surface area contributed by atoms with Gasteiger partial charge in [-0.05, 0) is 60.9 Å². The molecule has 0 aromatic heterocycles. The number of thioether (sulfide) groups is 1. The predicted octanol–water partition coefficient (Wildman–Crippen LogP) is 5.00. The zero-order chi connectivity index (χ0) is 21.6. The van der Waals surface area contributed by atoms with Crippen LogP contribution < -0.4 is 10.6 Å². The maximum atomic E-state index is 12.9. The van der Waals surface area contributed by atoms with Crippen molar-refractivity contribution in [1.29, 1.82) is 5.26 Å². The van der Waals surface area contributed by atoms with Gasteiger partial charge in [0.15, 0.2) is 0 Å². The van der Waals surface area contributed by atoms with E-state index in [4.69, 9.17) is 5.26 Å². The molecule has 0 radical (unpaired) electrons. The number of nitriles is 1. The van der Waals surface area contributed by atoms with Crippen LogP contribution in [0.15, 0.2) is 77.7 Å². The Kier molecular flexibility index (Phi) is 6.34. The Labute approximate surface area is 185 Å². The lowest BCUT2D eigenvalue weighted by Crippen LogP contribution is -2.25. The van der Waals surface area contributed by atoms with Gasteiger partial charge in [-0.2, -0.15) is 5.26 Å². The van der Waals surface area contributed by atoms with Crippen LogP contribution in [0, 0.1) is 11.3 Å². The van der Waals surface area contributed by atoms with Crippen LogP contribution in [0.1, 0.15) is 44.7 Å².